The summed E-state index contributed by atoms with van der Waals surface area (Å²) in [7, 11) is 0. The van der Waals surface area contributed by atoms with Gasteiger partial charge in [0.15, 0.2) is 6.61 Å². The molecule has 0 aliphatic rings. The SMILES string of the molecule is Cc1ccc(OCC(=O)O)c(-c2ccc(NC(=O)C(C)(C)C)nc2)c1. The molecule has 2 rings (SSSR count). The van der Waals surface area contributed by atoms with Gasteiger partial charge in [0.2, 0.25) is 5.91 Å². The monoisotopic (exact) mass is 342 g/mol. The topological polar surface area (TPSA) is 88.5 Å². The van der Waals surface area contributed by atoms with E-state index in [1.165, 1.54) is 0 Å². The second-order valence-corrected chi connectivity index (χ2v) is 6.82. The van der Waals surface area contributed by atoms with Crippen LogP contribution in [0.1, 0.15) is 26.3 Å². The predicted octanol–water partition coefficient (Wildman–Crippen LogP) is 3.51. The third-order valence-electron chi connectivity index (χ3n) is 3.48. The number of carboxylic acids is 1. The third-order valence-corrected chi connectivity index (χ3v) is 3.48. The van der Waals surface area contributed by atoms with E-state index in [9.17, 15) is 9.59 Å². The number of carbonyl (C=O) groups is 2. The number of nitrogens with zero attached hydrogens (tertiary/aromatic N) is 1. The van der Waals surface area contributed by atoms with Crippen molar-refractivity contribution in [3.8, 4) is 16.9 Å². The summed E-state index contributed by atoms with van der Waals surface area (Å²) in [5, 5.41) is 11.6. The van der Waals surface area contributed by atoms with E-state index < -0.39 is 18.0 Å². The van der Waals surface area contributed by atoms with Crippen molar-refractivity contribution in [1.29, 1.82) is 0 Å². The second-order valence-electron chi connectivity index (χ2n) is 6.82. The highest BCUT2D eigenvalue weighted by atomic mass is 16.5. The summed E-state index contributed by atoms with van der Waals surface area (Å²) in [5.41, 5.74) is 2.04. The molecule has 0 saturated heterocycles. The third kappa shape index (κ3) is 5.04. The average molecular weight is 342 g/mol. The van der Waals surface area contributed by atoms with Crippen molar-refractivity contribution in [3.05, 3.63) is 42.1 Å². The van der Waals surface area contributed by atoms with Crippen LogP contribution >= 0.6 is 0 Å². The fourth-order valence-corrected chi connectivity index (χ4v) is 2.07. The van der Waals surface area contributed by atoms with Gasteiger partial charge in [-0.25, -0.2) is 9.78 Å². The Hall–Kier alpha value is -2.89. The number of aliphatic carboxylic acids is 1. The van der Waals surface area contributed by atoms with Crippen LogP contribution in [-0.2, 0) is 9.59 Å². The lowest BCUT2D eigenvalue weighted by atomic mass is 9.96. The van der Waals surface area contributed by atoms with Crippen molar-refractivity contribution in [2.24, 2.45) is 5.41 Å². The first-order chi connectivity index (χ1) is 11.7. The van der Waals surface area contributed by atoms with E-state index in [-0.39, 0.29) is 5.91 Å². The minimum absolute atomic E-state index is 0.117. The van der Waals surface area contributed by atoms with Gasteiger partial charge in [-0.1, -0.05) is 32.4 Å². The van der Waals surface area contributed by atoms with Gasteiger partial charge < -0.3 is 15.2 Å². The molecule has 0 bridgehead atoms. The van der Waals surface area contributed by atoms with Crippen LogP contribution in [0.15, 0.2) is 36.5 Å². The van der Waals surface area contributed by atoms with Crippen molar-refractivity contribution < 1.29 is 19.4 Å². The van der Waals surface area contributed by atoms with Crippen molar-refractivity contribution in [2.75, 3.05) is 11.9 Å². The van der Waals surface area contributed by atoms with Crippen LogP contribution < -0.4 is 10.1 Å². The number of amides is 1. The lowest BCUT2D eigenvalue weighted by Gasteiger charge is -2.17. The Labute approximate surface area is 146 Å². The first-order valence-corrected chi connectivity index (χ1v) is 7.90. The highest BCUT2D eigenvalue weighted by Crippen LogP contribution is 2.31. The number of benzene rings is 1. The zero-order valence-electron chi connectivity index (χ0n) is 14.8. The average Bonchev–Trinajstić information content (AvgIpc) is 2.53. The van der Waals surface area contributed by atoms with Crippen LogP contribution in [0.2, 0.25) is 0 Å². The predicted molar refractivity (Wildman–Crippen MR) is 95.6 cm³/mol. The van der Waals surface area contributed by atoms with Gasteiger partial charge in [0.25, 0.3) is 0 Å². The molecule has 1 amide bonds. The van der Waals surface area contributed by atoms with Gasteiger partial charge in [-0.15, -0.1) is 0 Å². The molecule has 0 spiro atoms. The van der Waals surface area contributed by atoms with E-state index in [1.54, 1.807) is 18.3 Å². The summed E-state index contributed by atoms with van der Waals surface area (Å²) in [5.74, 6) is -0.218. The van der Waals surface area contributed by atoms with Gasteiger partial charge >= 0.3 is 5.97 Å². The van der Waals surface area contributed by atoms with E-state index in [4.69, 9.17) is 9.84 Å². The second kappa shape index (κ2) is 7.34. The molecular weight excluding hydrogens is 320 g/mol. The standard InChI is InChI=1S/C19H22N2O4/c1-12-5-7-15(25-11-17(22)23)14(9-12)13-6-8-16(20-10-13)21-18(24)19(2,3)4/h5-10H,11H2,1-4H3,(H,22,23)(H,20,21,24). The summed E-state index contributed by atoms with van der Waals surface area (Å²) >= 11 is 0. The molecule has 6 nitrogen and oxygen atoms in total. The van der Waals surface area contributed by atoms with Crippen LogP contribution in [-0.4, -0.2) is 28.6 Å². The Bertz CT molecular complexity index is 777. The zero-order valence-corrected chi connectivity index (χ0v) is 14.8. The molecule has 6 heteroatoms. The Morgan fingerprint density at radius 3 is 2.48 bits per heavy atom. The molecule has 0 saturated carbocycles. The van der Waals surface area contributed by atoms with Crippen molar-refractivity contribution in [1.82, 2.24) is 4.98 Å². The molecule has 0 fully saturated rings. The summed E-state index contributed by atoms with van der Waals surface area (Å²) in [6, 6.07) is 9.02. The molecule has 2 aromatic rings. The number of carboxylic acid groups (broad SMARTS) is 1. The first kappa shape index (κ1) is 18.4. The molecule has 0 aliphatic heterocycles. The lowest BCUT2D eigenvalue weighted by Crippen LogP contribution is -2.27. The molecule has 0 atom stereocenters. The van der Waals surface area contributed by atoms with E-state index in [0.29, 0.717) is 11.6 Å². The number of pyridine rings is 1. The largest absolute Gasteiger partial charge is 0.481 e. The summed E-state index contributed by atoms with van der Waals surface area (Å²) in [6.07, 6.45) is 1.63. The number of aromatic nitrogens is 1. The first-order valence-electron chi connectivity index (χ1n) is 7.90. The number of carbonyl (C=O) groups excluding carboxylic acids is 1. The van der Waals surface area contributed by atoms with Crippen LogP contribution in [0, 0.1) is 12.3 Å². The minimum atomic E-state index is -1.04. The number of ether oxygens (including phenoxy) is 1. The van der Waals surface area contributed by atoms with Gasteiger partial charge in [0, 0.05) is 22.7 Å². The number of aryl methyl sites for hydroxylation is 1. The van der Waals surface area contributed by atoms with E-state index in [0.717, 1.165) is 16.7 Å². The molecule has 1 aromatic heterocycles. The van der Waals surface area contributed by atoms with Crippen molar-refractivity contribution in [3.63, 3.8) is 0 Å². The van der Waals surface area contributed by atoms with E-state index >= 15 is 0 Å². The maximum atomic E-state index is 12.0. The molecule has 0 radical (unpaired) electrons. The molecule has 2 N–H and O–H groups in total. The van der Waals surface area contributed by atoms with Gasteiger partial charge in [-0.05, 0) is 31.2 Å². The molecule has 1 heterocycles. The lowest BCUT2D eigenvalue weighted by molar-refractivity contribution is -0.139. The Kier molecular flexibility index (Phi) is 5.41. The number of rotatable bonds is 5. The van der Waals surface area contributed by atoms with Crippen LogP contribution in [0.3, 0.4) is 0 Å². The van der Waals surface area contributed by atoms with Crippen LogP contribution in [0.5, 0.6) is 5.75 Å². The zero-order chi connectivity index (χ0) is 18.6. The molecule has 1 aromatic carbocycles. The fraction of sp³-hybridized carbons (Fsp3) is 0.316. The number of hydrogen-bond donors (Lipinski definition) is 2. The highest BCUT2D eigenvalue weighted by molar-refractivity contribution is 5.93. The molecule has 0 unspecified atom stereocenters. The van der Waals surface area contributed by atoms with Gasteiger partial charge in [-0.2, -0.15) is 0 Å². The van der Waals surface area contributed by atoms with E-state index in [2.05, 4.69) is 10.3 Å². The van der Waals surface area contributed by atoms with Crippen molar-refractivity contribution >= 4 is 17.7 Å². The maximum Gasteiger partial charge on any atom is 0.341 e. The number of hydrogen-bond acceptors (Lipinski definition) is 4. The smallest absolute Gasteiger partial charge is 0.341 e. The quantitative estimate of drug-likeness (QED) is 0.868. The number of anilines is 1. The van der Waals surface area contributed by atoms with Crippen LogP contribution in [0.25, 0.3) is 11.1 Å². The van der Waals surface area contributed by atoms with Crippen molar-refractivity contribution in [2.45, 2.75) is 27.7 Å². The normalized spacial score (nSPS) is 11.0. The minimum Gasteiger partial charge on any atom is -0.481 e. The van der Waals surface area contributed by atoms with Gasteiger partial charge in [0.05, 0.1) is 0 Å². The Balaban J connectivity index is 2.25. The highest BCUT2D eigenvalue weighted by Gasteiger charge is 2.21. The Morgan fingerprint density at radius 2 is 1.92 bits per heavy atom. The maximum absolute atomic E-state index is 12.0. The number of nitrogens with one attached hydrogen (secondary N) is 1. The summed E-state index contributed by atoms with van der Waals surface area (Å²) in [4.78, 5) is 27.0. The summed E-state index contributed by atoms with van der Waals surface area (Å²) < 4.78 is 5.35. The van der Waals surface area contributed by atoms with Crippen LogP contribution in [0.4, 0.5) is 5.82 Å². The summed E-state index contributed by atoms with van der Waals surface area (Å²) in [6.45, 7) is 7.01. The fourth-order valence-electron chi connectivity index (χ4n) is 2.07. The van der Waals surface area contributed by atoms with E-state index in [1.807, 2.05) is 45.9 Å². The Morgan fingerprint density at radius 1 is 1.20 bits per heavy atom. The molecule has 25 heavy (non-hydrogen) atoms. The molecule has 0 aliphatic carbocycles. The van der Waals surface area contributed by atoms with Gasteiger partial charge in [-0.3, -0.25) is 4.79 Å². The van der Waals surface area contributed by atoms with Gasteiger partial charge in [0.1, 0.15) is 11.6 Å². The molecular formula is C19H22N2O4. The molecule has 132 valence electrons.